The summed E-state index contributed by atoms with van der Waals surface area (Å²) in [7, 11) is 3.09. The third-order valence-corrected chi connectivity index (χ3v) is 5.70. The summed E-state index contributed by atoms with van der Waals surface area (Å²) in [6.07, 6.45) is 1.55. The lowest BCUT2D eigenvalue weighted by Gasteiger charge is -2.11. The first-order valence-corrected chi connectivity index (χ1v) is 9.57. The van der Waals surface area contributed by atoms with Crippen molar-refractivity contribution in [1.82, 2.24) is 5.43 Å². The number of hydrazone groups is 1. The van der Waals surface area contributed by atoms with Gasteiger partial charge in [-0.3, -0.25) is 4.79 Å². The van der Waals surface area contributed by atoms with Crippen LogP contribution in [0.15, 0.2) is 46.0 Å². The molecule has 0 saturated heterocycles. The lowest BCUT2D eigenvalue weighted by molar-refractivity contribution is -0.120. The van der Waals surface area contributed by atoms with Crippen molar-refractivity contribution in [3.63, 3.8) is 0 Å². The average molecular weight is 449 g/mol. The van der Waals surface area contributed by atoms with Gasteiger partial charge < -0.3 is 14.6 Å². The molecular weight excluding hydrogens is 432 g/mol. The molecule has 0 fully saturated rings. The molecule has 6 nitrogen and oxygen atoms in total. The van der Waals surface area contributed by atoms with E-state index in [9.17, 15) is 9.90 Å². The zero-order valence-electron chi connectivity index (χ0n) is 14.7. The Morgan fingerprint density at radius 1 is 1.26 bits per heavy atom. The molecule has 0 aliphatic rings. The fraction of sp³-hybridized carbons (Fsp3) is 0.158. The number of amides is 1. The Morgan fingerprint density at radius 3 is 2.67 bits per heavy atom. The van der Waals surface area contributed by atoms with Gasteiger partial charge in [-0.1, -0.05) is 28.1 Å². The van der Waals surface area contributed by atoms with Gasteiger partial charge in [0, 0.05) is 14.6 Å². The summed E-state index contributed by atoms with van der Waals surface area (Å²) >= 11 is 4.83. The molecule has 1 heterocycles. The number of fused-ring (bicyclic) bond motifs is 1. The Kier molecular flexibility index (Phi) is 5.98. The van der Waals surface area contributed by atoms with Crippen LogP contribution in [0.5, 0.6) is 17.2 Å². The second-order valence-corrected chi connectivity index (χ2v) is 7.52. The first-order valence-electron chi connectivity index (χ1n) is 7.96. The maximum absolute atomic E-state index is 12.2. The number of benzene rings is 2. The summed E-state index contributed by atoms with van der Waals surface area (Å²) in [4.78, 5) is 12.8. The number of aromatic hydroxyl groups is 1. The number of methoxy groups -OCH3 is 2. The second kappa shape index (κ2) is 8.41. The van der Waals surface area contributed by atoms with Gasteiger partial charge in [0.2, 0.25) is 5.91 Å². The van der Waals surface area contributed by atoms with Gasteiger partial charge in [-0.25, -0.2) is 5.43 Å². The number of hydrogen-bond acceptors (Lipinski definition) is 6. The molecule has 0 atom stereocenters. The van der Waals surface area contributed by atoms with Crippen LogP contribution in [0.1, 0.15) is 10.4 Å². The highest BCUT2D eigenvalue weighted by molar-refractivity contribution is 9.10. The molecule has 0 radical (unpaired) electrons. The molecule has 8 heteroatoms. The Bertz CT molecular complexity index is 1020. The van der Waals surface area contributed by atoms with Crippen LogP contribution >= 0.6 is 27.3 Å². The maximum atomic E-state index is 12.2. The van der Waals surface area contributed by atoms with Crippen LogP contribution in [0, 0.1) is 0 Å². The van der Waals surface area contributed by atoms with Gasteiger partial charge in [-0.2, -0.15) is 5.10 Å². The third kappa shape index (κ3) is 4.23. The van der Waals surface area contributed by atoms with Crippen molar-refractivity contribution in [2.24, 2.45) is 5.10 Å². The minimum atomic E-state index is -0.292. The van der Waals surface area contributed by atoms with E-state index in [2.05, 4.69) is 26.5 Å². The Balaban J connectivity index is 1.69. The van der Waals surface area contributed by atoms with Gasteiger partial charge in [0.15, 0.2) is 11.5 Å². The van der Waals surface area contributed by atoms with Crippen molar-refractivity contribution in [3.05, 3.63) is 51.3 Å². The summed E-state index contributed by atoms with van der Waals surface area (Å²) in [5, 5.41) is 14.9. The number of nitrogens with one attached hydrogen (secondary N) is 1. The predicted molar refractivity (Wildman–Crippen MR) is 110 cm³/mol. The van der Waals surface area contributed by atoms with Crippen molar-refractivity contribution in [2.45, 2.75) is 6.42 Å². The van der Waals surface area contributed by atoms with Gasteiger partial charge >= 0.3 is 0 Å². The van der Waals surface area contributed by atoms with E-state index in [0.29, 0.717) is 16.4 Å². The fourth-order valence-electron chi connectivity index (χ4n) is 2.55. The molecule has 0 unspecified atom stereocenters. The number of nitrogens with zero attached hydrogens (tertiary/aromatic N) is 1. The summed E-state index contributed by atoms with van der Waals surface area (Å²) in [5.41, 5.74) is 3.22. The number of ether oxygens (including phenoxy) is 2. The highest BCUT2D eigenvalue weighted by Gasteiger charge is 2.13. The Hall–Kier alpha value is -2.58. The van der Waals surface area contributed by atoms with E-state index < -0.39 is 0 Å². The number of halogens is 1. The zero-order chi connectivity index (χ0) is 19.4. The van der Waals surface area contributed by atoms with Gasteiger partial charge in [-0.05, 0) is 29.8 Å². The van der Waals surface area contributed by atoms with Crippen LogP contribution in [0.2, 0.25) is 0 Å². The Morgan fingerprint density at radius 2 is 1.96 bits per heavy atom. The van der Waals surface area contributed by atoms with Crippen LogP contribution in [0.4, 0.5) is 0 Å². The molecule has 1 amide bonds. The molecule has 0 aliphatic carbocycles. The van der Waals surface area contributed by atoms with Crippen molar-refractivity contribution in [1.29, 1.82) is 0 Å². The molecule has 1 aromatic heterocycles. The van der Waals surface area contributed by atoms with Crippen molar-refractivity contribution in [3.8, 4) is 17.2 Å². The fourth-order valence-corrected chi connectivity index (χ4v) is 3.98. The second-order valence-electron chi connectivity index (χ2n) is 5.58. The molecule has 0 saturated carbocycles. The lowest BCUT2D eigenvalue weighted by Crippen LogP contribution is -2.20. The number of rotatable bonds is 6. The molecule has 2 N–H and O–H groups in total. The number of hydrogen-bond donors (Lipinski definition) is 2. The number of carbonyl (C=O) groups is 1. The highest BCUT2D eigenvalue weighted by atomic mass is 79.9. The minimum absolute atomic E-state index is 0.108. The van der Waals surface area contributed by atoms with Crippen molar-refractivity contribution >= 4 is 49.5 Å². The molecule has 0 aliphatic heterocycles. The monoisotopic (exact) mass is 448 g/mol. The van der Waals surface area contributed by atoms with Crippen LogP contribution in [0.25, 0.3) is 10.1 Å². The molecule has 3 aromatic rings. The average Bonchev–Trinajstić information content (AvgIpc) is 2.99. The molecule has 27 heavy (non-hydrogen) atoms. The predicted octanol–water partition coefficient (Wildman–Crippen LogP) is 4.08. The van der Waals surface area contributed by atoms with Gasteiger partial charge in [0.25, 0.3) is 0 Å². The molecule has 0 spiro atoms. The van der Waals surface area contributed by atoms with E-state index in [4.69, 9.17) is 9.47 Å². The van der Waals surface area contributed by atoms with E-state index in [-0.39, 0.29) is 18.1 Å². The van der Waals surface area contributed by atoms with E-state index in [0.717, 1.165) is 20.1 Å². The van der Waals surface area contributed by atoms with E-state index in [1.54, 1.807) is 19.2 Å². The number of carbonyl (C=O) groups excluding carboxylic acids is 1. The van der Waals surface area contributed by atoms with E-state index in [1.807, 2.05) is 24.3 Å². The van der Waals surface area contributed by atoms with E-state index >= 15 is 0 Å². The molecular formula is C19H17BrN2O4S. The Labute approximate surface area is 168 Å². The lowest BCUT2D eigenvalue weighted by atomic mass is 10.1. The van der Waals surface area contributed by atoms with Gasteiger partial charge in [0.05, 0.1) is 31.7 Å². The van der Waals surface area contributed by atoms with Gasteiger partial charge in [0.1, 0.15) is 5.75 Å². The topological polar surface area (TPSA) is 80.2 Å². The maximum Gasteiger partial charge on any atom is 0.244 e. The van der Waals surface area contributed by atoms with Crippen LogP contribution in [-0.4, -0.2) is 31.4 Å². The molecule has 0 bridgehead atoms. The molecule has 3 rings (SSSR count). The summed E-state index contributed by atoms with van der Waals surface area (Å²) in [6.45, 7) is 0. The smallest absolute Gasteiger partial charge is 0.244 e. The highest BCUT2D eigenvalue weighted by Crippen LogP contribution is 2.35. The van der Waals surface area contributed by atoms with Crippen molar-refractivity contribution < 1.29 is 19.4 Å². The largest absolute Gasteiger partial charge is 0.506 e. The standard InChI is InChI=1S/C19H17BrN2O4S/c1-25-14-7-11(13(20)9-15(14)26-2)8-18(23)22-21-10-17-19(24)12-5-3-4-6-16(12)27-17/h3-7,9-10,24H,8H2,1-2H3,(H,22,23). The van der Waals surface area contributed by atoms with E-state index in [1.165, 1.54) is 24.7 Å². The number of thiophene rings is 1. The van der Waals surface area contributed by atoms with Crippen LogP contribution < -0.4 is 14.9 Å². The van der Waals surface area contributed by atoms with Crippen molar-refractivity contribution in [2.75, 3.05) is 14.2 Å². The third-order valence-electron chi connectivity index (χ3n) is 3.87. The SMILES string of the molecule is COc1cc(Br)c(CC(=O)NN=Cc2sc3ccccc3c2O)cc1OC. The normalized spacial score (nSPS) is 11.1. The minimum Gasteiger partial charge on any atom is -0.506 e. The summed E-state index contributed by atoms with van der Waals surface area (Å²) in [5.74, 6) is 0.991. The first-order chi connectivity index (χ1) is 13.0. The van der Waals surface area contributed by atoms with Crippen LogP contribution in [-0.2, 0) is 11.2 Å². The summed E-state index contributed by atoms with van der Waals surface area (Å²) < 4.78 is 12.2. The van der Waals surface area contributed by atoms with Crippen LogP contribution in [0.3, 0.4) is 0 Å². The molecule has 140 valence electrons. The van der Waals surface area contributed by atoms with Gasteiger partial charge in [-0.15, -0.1) is 11.3 Å². The summed E-state index contributed by atoms with van der Waals surface area (Å²) in [6, 6.07) is 11.0. The quantitative estimate of drug-likeness (QED) is 0.439. The first kappa shape index (κ1) is 19.2. The molecule has 2 aromatic carbocycles. The zero-order valence-corrected chi connectivity index (χ0v) is 17.1.